The summed E-state index contributed by atoms with van der Waals surface area (Å²) in [4.78, 5) is 16.6. The minimum atomic E-state index is -0.895. The summed E-state index contributed by atoms with van der Waals surface area (Å²) in [6.07, 6.45) is 7.07. The molecule has 3 aromatic carbocycles. The molecule has 4 atom stereocenters. The van der Waals surface area contributed by atoms with Gasteiger partial charge in [-0.1, -0.05) is 55.0 Å². The summed E-state index contributed by atoms with van der Waals surface area (Å²) >= 11 is 0. The number of allylic oxidation sites excluding steroid dienone is 2. The van der Waals surface area contributed by atoms with E-state index in [2.05, 4.69) is 61.2 Å². The van der Waals surface area contributed by atoms with Gasteiger partial charge in [0.1, 0.15) is 5.75 Å². The normalized spacial score (nSPS) is 27.7. The molecule has 0 unspecified atom stereocenters. The second-order valence-electron chi connectivity index (χ2n) is 13.4. The fraction of sp³-hybridized carbons (Fsp3) is 0.447. The third-order valence-electron chi connectivity index (χ3n) is 10.7. The number of nitrogens with zero attached hydrogens (tertiary/aromatic N) is 1. The zero-order chi connectivity index (χ0) is 30.2. The Morgan fingerprint density at radius 3 is 2.42 bits per heavy atom. The van der Waals surface area contributed by atoms with Gasteiger partial charge in [-0.05, 0) is 110 Å². The molecule has 3 aromatic rings. The van der Waals surface area contributed by atoms with E-state index in [1.165, 1.54) is 16.7 Å². The fourth-order valence-electron chi connectivity index (χ4n) is 7.98. The number of methoxy groups -OCH3 is 1. The fourth-order valence-corrected chi connectivity index (χ4v) is 7.98. The minimum Gasteiger partial charge on any atom is -0.497 e. The van der Waals surface area contributed by atoms with Crippen LogP contribution in [-0.4, -0.2) is 46.3 Å². The van der Waals surface area contributed by atoms with Crippen LogP contribution in [0.4, 0.5) is 0 Å². The molecular formula is C38H45NO4. The van der Waals surface area contributed by atoms with Crippen molar-refractivity contribution in [1.82, 2.24) is 4.90 Å². The third-order valence-corrected chi connectivity index (χ3v) is 10.7. The molecule has 2 bridgehead atoms. The molecule has 2 N–H and O–H groups in total. The standard InChI is InChI=1S/C38H45NO4/c1-26-7-6-19-37(2)35(18-20-38(37,42)25-39-23-29-8-4-5-9-30(29)24-39)33-17-11-27(21-31(40)14-10-26)22-34(33)36(41)28-12-15-32(43-3)16-13-28/h4-5,7-9,11-13,15-17,22,31,35,40,42H,6,10,14,18-21,23-25H2,1-3H3/t31-,35-,37-,38+/m0/s1. The Kier molecular flexibility index (Phi) is 8.34. The average Bonchev–Trinajstić information content (AvgIpc) is 3.52. The topological polar surface area (TPSA) is 70.0 Å². The van der Waals surface area contributed by atoms with Crippen molar-refractivity contribution in [2.75, 3.05) is 13.7 Å². The van der Waals surface area contributed by atoms with Gasteiger partial charge in [0.05, 0.1) is 18.8 Å². The number of rotatable bonds is 5. The highest BCUT2D eigenvalue weighted by Crippen LogP contribution is 2.59. The van der Waals surface area contributed by atoms with E-state index in [4.69, 9.17) is 4.74 Å². The van der Waals surface area contributed by atoms with Crippen LogP contribution in [0.15, 0.2) is 78.4 Å². The largest absolute Gasteiger partial charge is 0.497 e. The Balaban J connectivity index is 1.40. The number of hydrogen-bond acceptors (Lipinski definition) is 5. The van der Waals surface area contributed by atoms with Crippen molar-refractivity contribution in [1.29, 1.82) is 0 Å². The number of hydrogen-bond donors (Lipinski definition) is 2. The molecule has 0 aromatic heterocycles. The molecule has 1 fully saturated rings. The van der Waals surface area contributed by atoms with Crippen LogP contribution < -0.4 is 4.74 Å². The maximum atomic E-state index is 14.2. The minimum absolute atomic E-state index is 0.0234. The van der Waals surface area contributed by atoms with Gasteiger partial charge >= 0.3 is 0 Å². The van der Waals surface area contributed by atoms with E-state index in [-0.39, 0.29) is 11.7 Å². The highest BCUT2D eigenvalue weighted by atomic mass is 16.5. The lowest BCUT2D eigenvalue weighted by Gasteiger charge is -2.45. The third kappa shape index (κ3) is 5.83. The number of ketones is 1. The van der Waals surface area contributed by atoms with Gasteiger partial charge in [0.2, 0.25) is 0 Å². The maximum Gasteiger partial charge on any atom is 0.193 e. The van der Waals surface area contributed by atoms with Crippen LogP contribution in [0.1, 0.15) is 96.5 Å². The highest BCUT2D eigenvalue weighted by molar-refractivity contribution is 6.10. The van der Waals surface area contributed by atoms with Gasteiger partial charge in [-0.3, -0.25) is 9.69 Å². The van der Waals surface area contributed by atoms with E-state index in [0.717, 1.165) is 49.9 Å². The summed E-state index contributed by atoms with van der Waals surface area (Å²) in [5.41, 5.74) is 5.94. The summed E-state index contributed by atoms with van der Waals surface area (Å²) in [6.45, 7) is 6.75. The molecule has 5 nitrogen and oxygen atoms in total. The van der Waals surface area contributed by atoms with Gasteiger partial charge < -0.3 is 14.9 Å². The van der Waals surface area contributed by atoms with Gasteiger partial charge in [-0.2, -0.15) is 0 Å². The van der Waals surface area contributed by atoms with Gasteiger partial charge in [0, 0.05) is 36.2 Å². The first-order valence-corrected chi connectivity index (χ1v) is 15.9. The van der Waals surface area contributed by atoms with Crippen LogP contribution in [0.3, 0.4) is 0 Å². The Hall–Kier alpha value is -3.25. The van der Waals surface area contributed by atoms with Crippen molar-refractivity contribution < 1.29 is 19.7 Å². The zero-order valence-corrected chi connectivity index (χ0v) is 25.8. The molecule has 7 rings (SSSR count). The number of aliphatic hydroxyl groups excluding tert-OH is 1. The van der Waals surface area contributed by atoms with Crippen LogP contribution in [-0.2, 0) is 19.5 Å². The summed E-state index contributed by atoms with van der Waals surface area (Å²) < 4.78 is 5.34. The van der Waals surface area contributed by atoms with Crippen LogP contribution >= 0.6 is 0 Å². The molecule has 1 saturated carbocycles. The van der Waals surface area contributed by atoms with Gasteiger partial charge in [0.15, 0.2) is 5.78 Å². The molecule has 0 saturated heterocycles. The average molecular weight is 580 g/mol. The smallest absolute Gasteiger partial charge is 0.193 e. The molecule has 0 radical (unpaired) electrons. The second-order valence-corrected chi connectivity index (χ2v) is 13.4. The zero-order valence-electron chi connectivity index (χ0n) is 25.8. The van der Waals surface area contributed by atoms with Crippen molar-refractivity contribution in [2.24, 2.45) is 5.41 Å². The molecule has 5 heteroatoms. The van der Waals surface area contributed by atoms with Crippen LogP contribution in [0.2, 0.25) is 0 Å². The molecule has 3 aliphatic carbocycles. The predicted molar refractivity (Wildman–Crippen MR) is 170 cm³/mol. The predicted octanol–water partition coefficient (Wildman–Crippen LogP) is 6.98. The molecule has 0 amide bonds. The Bertz CT molecular complexity index is 1490. The number of benzene rings is 3. The van der Waals surface area contributed by atoms with E-state index < -0.39 is 17.1 Å². The maximum absolute atomic E-state index is 14.2. The number of ether oxygens (including phenoxy) is 1. The molecule has 1 aliphatic heterocycles. The SMILES string of the molecule is COc1ccc(C(=O)c2cc3ccc2[C@@H]2CC[C@@](O)(CN4Cc5ccccc5C4)[C@@]2(C)CCC=C(C)CC[C@H](O)C3)cc1. The lowest BCUT2D eigenvalue weighted by Crippen LogP contribution is -2.51. The molecule has 43 heavy (non-hydrogen) atoms. The van der Waals surface area contributed by atoms with Gasteiger partial charge in [-0.15, -0.1) is 0 Å². The van der Waals surface area contributed by atoms with Crippen LogP contribution in [0, 0.1) is 5.41 Å². The van der Waals surface area contributed by atoms with Crippen molar-refractivity contribution in [3.63, 3.8) is 0 Å². The molecule has 1 heterocycles. The first-order chi connectivity index (χ1) is 20.7. The number of β-amino-alcohol motifs (C(OH)–C–C–N with tert-alkyl or cyclic N) is 1. The van der Waals surface area contributed by atoms with Crippen LogP contribution in [0.5, 0.6) is 5.75 Å². The lowest BCUT2D eigenvalue weighted by atomic mass is 9.64. The van der Waals surface area contributed by atoms with Crippen molar-refractivity contribution in [3.05, 3.63) is 112 Å². The van der Waals surface area contributed by atoms with Gasteiger partial charge in [-0.25, -0.2) is 0 Å². The number of aliphatic hydroxyl groups is 2. The first kappa shape index (κ1) is 29.8. The van der Waals surface area contributed by atoms with E-state index in [1.54, 1.807) is 7.11 Å². The molecule has 4 aliphatic rings. The number of fused-ring (bicyclic) bond motifs is 9. The molecule has 226 valence electrons. The summed E-state index contributed by atoms with van der Waals surface area (Å²) in [5, 5.41) is 23.5. The summed E-state index contributed by atoms with van der Waals surface area (Å²) in [7, 11) is 1.62. The van der Waals surface area contributed by atoms with E-state index >= 15 is 0 Å². The summed E-state index contributed by atoms with van der Waals surface area (Å²) in [5.74, 6) is 0.712. The first-order valence-electron chi connectivity index (χ1n) is 15.9. The lowest BCUT2D eigenvalue weighted by molar-refractivity contribution is -0.0845. The van der Waals surface area contributed by atoms with Gasteiger partial charge in [0.25, 0.3) is 0 Å². The van der Waals surface area contributed by atoms with Crippen molar-refractivity contribution in [3.8, 4) is 5.75 Å². The Morgan fingerprint density at radius 2 is 1.72 bits per heavy atom. The van der Waals surface area contributed by atoms with Crippen LogP contribution in [0.25, 0.3) is 0 Å². The monoisotopic (exact) mass is 579 g/mol. The Morgan fingerprint density at radius 1 is 1.00 bits per heavy atom. The molecular weight excluding hydrogens is 534 g/mol. The van der Waals surface area contributed by atoms with E-state index in [0.29, 0.717) is 42.7 Å². The number of carbonyl (C=O) groups is 1. The Labute approximate surface area is 256 Å². The second kappa shape index (κ2) is 12.0. The molecule has 0 spiro atoms. The van der Waals surface area contributed by atoms with E-state index in [1.807, 2.05) is 30.3 Å². The quantitative estimate of drug-likeness (QED) is 0.252. The summed E-state index contributed by atoms with van der Waals surface area (Å²) in [6, 6.07) is 22.1. The van der Waals surface area contributed by atoms with E-state index in [9.17, 15) is 15.0 Å². The van der Waals surface area contributed by atoms with Crippen molar-refractivity contribution in [2.45, 2.75) is 89.5 Å². The van der Waals surface area contributed by atoms with Crippen molar-refractivity contribution >= 4 is 5.78 Å². The highest BCUT2D eigenvalue weighted by Gasteiger charge is 2.57. The number of carbonyl (C=O) groups excluding carboxylic acids is 1.